The second-order valence-electron chi connectivity index (χ2n) is 8.87. The molecule has 2 unspecified atom stereocenters. The Bertz CT molecular complexity index is 935. The summed E-state index contributed by atoms with van der Waals surface area (Å²) in [7, 11) is 1.83. The maximum absolute atomic E-state index is 12.9. The molecule has 0 aromatic heterocycles. The van der Waals surface area contributed by atoms with E-state index >= 15 is 0 Å². The molecule has 2 aliphatic rings. The highest BCUT2D eigenvalue weighted by Gasteiger charge is 2.26. The van der Waals surface area contributed by atoms with Crippen LogP contribution in [0.15, 0.2) is 59.6 Å². The van der Waals surface area contributed by atoms with Crippen LogP contribution >= 0.6 is 24.0 Å². The summed E-state index contributed by atoms with van der Waals surface area (Å²) in [5, 5.41) is 3.48. The summed E-state index contributed by atoms with van der Waals surface area (Å²) < 4.78 is 5.74. The van der Waals surface area contributed by atoms with Crippen LogP contribution in [0, 0.1) is 0 Å². The normalized spacial score (nSPS) is 21.1. The fourth-order valence-electron chi connectivity index (χ4n) is 4.62. The van der Waals surface area contributed by atoms with Gasteiger partial charge in [0.2, 0.25) is 0 Å². The Morgan fingerprint density at radius 1 is 0.941 bits per heavy atom. The first-order chi connectivity index (χ1) is 16.0. The molecule has 2 fully saturated rings. The second kappa shape index (κ2) is 12.4. The first kappa shape index (κ1) is 26.3. The van der Waals surface area contributed by atoms with Crippen molar-refractivity contribution in [2.45, 2.75) is 32.6 Å². The number of amides is 1. The molecule has 2 heterocycles. The molecule has 0 spiro atoms. The summed E-state index contributed by atoms with van der Waals surface area (Å²) in [4.78, 5) is 24.0. The molecule has 0 radical (unpaired) electrons. The lowest BCUT2D eigenvalue weighted by Crippen LogP contribution is -2.52. The Morgan fingerprint density at radius 3 is 2.15 bits per heavy atom. The lowest BCUT2D eigenvalue weighted by molar-refractivity contribution is -0.0586. The number of anilines is 1. The van der Waals surface area contributed by atoms with Gasteiger partial charge in [0.25, 0.3) is 5.91 Å². The zero-order valence-corrected chi connectivity index (χ0v) is 22.6. The Labute approximate surface area is 220 Å². The first-order valence-electron chi connectivity index (χ1n) is 11.8. The van der Waals surface area contributed by atoms with E-state index in [-0.39, 0.29) is 42.1 Å². The smallest absolute Gasteiger partial charge is 0.254 e. The Morgan fingerprint density at radius 2 is 1.56 bits per heavy atom. The second-order valence-corrected chi connectivity index (χ2v) is 8.87. The van der Waals surface area contributed by atoms with Crippen LogP contribution in [0.1, 0.15) is 29.8 Å². The maximum atomic E-state index is 12.9. The van der Waals surface area contributed by atoms with Gasteiger partial charge < -0.3 is 24.8 Å². The van der Waals surface area contributed by atoms with Crippen LogP contribution in [-0.2, 0) is 11.3 Å². The number of hydrogen-bond acceptors (Lipinski definition) is 4. The zero-order chi connectivity index (χ0) is 23.2. The van der Waals surface area contributed by atoms with Crippen molar-refractivity contribution in [3.05, 3.63) is 65.7 Å². The van der Waals surface area contributed by atoms with Gasteiger partial charge in [0.1, 0.15) is 0 Å². The fourth-order valence-corrected chi connectivity index (χ4v) is 4.62. The summed E-state index contributed by atoms with van der Waals surface area (Å²) in [5.74, 6) is 0.989. The first-order valence-corrected chi connectivity index (χ1v) is 11.8. The minimum absolute atomic E-state index is 0. The molecule has 2 saturated heterocycles. The van der Waals surface area contributed by atoms with Gasteiger partial charge in [-0.2, -0.15) is 0 Å². The van der Waals surface area contributed by atoms with Gasteiger partial charge in [-0.25, -0.2) is 0 Å². The Balaban J connectivity index is 0.00000324. The van der Waals surface area contributed by atoms with Crippen LogP contribution in [0.25, 0.3) is 0 Å². The number of carbonyl (C=O) groups is 1. The van der Waals surface area contributed by atoms with Gasteiger partial charge in [0.15, 0.2) is 5.96 Å². The largest absolute Gasteiger partial charge is 0.372 e. The van der Waals surface area contributed by atoms with E-state index < -0.39 is 0 Å². The van der Waals surface area contributed by atoms with Crippen LogP contribution in [-0.4, -0.2) is 80.2 Å². The monoisotopic (exact) mass is 577 g/mol. The summed E-state index contributed by atoms with van der Waals surface area (Å²) >= 11 is 0. The number of rotatable bonds is 4. The topological polar surface area (TPSA) is 60.4 Å². The number of carbonyl (C=O) groups excluding carboxylic acids is 1. The molecule has 1 amide bonds. The number of piperazine rings is 1. The number of para-hydroxylation sites is 1. The molecular formula is C26H36IN5O2. The van der Waals surface area contributed by atoms with Crippen molar-refractivity contribution in [3.8, 4) is 0 Å². The number of ether oxygens (including phenoxy) is 1. The molecule has 0 aliphatic carbocycles. The summed E-state index contributed by atoms with van der Waals surface area (Å²) in [6.07, 6.45) is 0.143. The molecule has 2 atom stereocenters. The SMILES string of the molecule is CN=C(NCc1ccc(C(=O)N2CC(C)OC(C)C2)cc1)N1CCN(c2ccccc2)CC1.I. The lowest BCUT2D eigenvalue weighted by atomic mass is 10.1. The van der Waals surface area contributed by atoms with Crippen LogP contribution in [0.5, 0.6) is 0 Å². The van der Waals surface area contributed by atoms with Crippen LogP contribution in [0.3, 0.4) is 0 Å². The third-order valence-corrected chi connectivity index (χ3v) is 6.27. The van der Waals surface area contributed by atoms with Gasteiger partial charge in [-0.3, -0.25) is 9.79 Å². The van der Waals surface area contributed by atoms with E-state index in [9.17, 15) is 4.79 Å². The molecule has 2 aliphatic heterocycles. The van der Waals surface area contributed by atoms with E-state index in [0.717, 1.165) is 43.3 Å². The van der Waals surface area contributed by atoms with Crippen molar-refractivity contribution in [1.82, 2.24) is 15.1 Å². The van der Waals surface area contributed by atoms with Crippen LogP contribution in [0.2, 0.25) is 0 Å². The molecule has 7 nitrogen and oxygen atoms in total. The molecule has 4 rings (SSSR count). The summed E-state index contributed by atoms with van der Waals surface area (Å²) in [5.41, 5.74) is 3.12. The maximum Gasteiger partial charge on any atom is 0.254 e. The van der Waals surface area contributed by atoms with E-state index in [0.29, 0.717) is 19.6 Å². The average molecular weight is 578 g/mol. The molecule has 0 saturated carbocycles. The van der Waals surface area contributed by atoms with E-state index in [1.54, 1.807) is 0 Å². The summed E-state index contributed by atoms with van der Waals surface area (Å²) in [6.45, 7) is 9.78. The average Bonchev–Trinajstić information content (AvgIpc) is 2.85. The highest BCUT2D eigenvalue weighted by Crippen LogP contribution is 2.17. The van der Waals surface area contributed by atoms with Crippen LogP contribution < -0.4 is 10.2 Å². The number of aliphatic imine (C=N–C) groups is 1. The van der Waals surface area contributed by atoms with Crippen molar-refractivity contribution in [1.29, 1.82) is 0 Å². The van der Waals surface area contributed by atoms with Gasteiger partial charge in [0, 0.05) is 64.1 Å². The summed E-state index contributed by atoms with van der Waals surface area (Å²) in [6, 6.07) is 18.4. The van der Waals surface area contributed by atoms with Crippen molar-refractivity contribution in [2.24, 2.45) is 4.99 Å². The van der Waals surface area contributed by atoms with E-state index in [2.05, 4.69) is 50.4 Å². The number of benzene rings is 2. The van der Waals surface area contributed by atoms with Gasteiger partial charge >= 0.3 is 0 Å². The predicted octanol–water partition coefficient (Wildman–Crippen LogP) is 3.45. The van der Waals surface area contributed by atoms with Crippen molar-refractivity contribution < 1.29 is 9.53 Å². The number of hydrogen-bond donors (Lipinski definition) is 1. The Hall–Kier alpha value is -2.33. The molecule has 34 heavy (non-hydrogen) atoms. The van der Waals surface area contributed by atoms with Gasteiger partial charge in [-0.15, -0.1) is 24.0 Å². The minimum atomic E-state index is 0. The number of morpholine rings is 1. The predicted molar refractivity (Wildman–Crippen MR) is 148 cm³/mol. The fraction of sp³-hybridized carbons (Fsp3) is 0.462. The molecule has 2 aromatic rings. The van der Waals surface area contributed by atoms with Crippen LogP contribution in [0.4, 0.5) is 5.69 Å². The highest BCUT2D eigenvalue weighted by atomic mass is 127. The van der Waals surface area contributed by atoms with Crippen molar-refractivity contribution in [3.63, 3.8) is 0 Å². The third kappa shape index (κ3) is 6.63. The Kier molecular flexibility index (Phi) is 9.58. The zero-order valence-electron chi connectivity index (χ0n) is 20.3. The number of guanidine groups is 1. The minimum Gasteiger partial charge on any atom is -0.372 e. The number of halogens is 1. The van der Waals surface area contributed by atoms with Gasteiger partial charge in [0.05, 0.1) is 12.2 Å². The molecule has 8 heteroatoms. The van der Waals surface area contributed by atoms with Gasteiger partial charge in [-0.1, -0.05) is 30.3 Å². The van der Waals surface area contributed by atoms with Crippen molar-refractivity contribution in [2.75, 3.05) is 51.2 Å². The molecular weight excluding hydrogens is 541 g/mol. The van der Waals surface area contributed by atoms with E-state index in [1.165, 1.54) is 5.69 Å². The molecule has 2 aromatic carbocycles. The van der Waals surface area contributed by atoms with Crippen molar-refractivity contribution >= 4 is 41.5 Å². The molecule has 184 valence electrons. The number of nitrogens with one attached hydrogen (secondary N) is 1. The van der Waals surface area contributed by atoms with E-state index in [1.807, 2.05) is 50.1 Å². The molecule has 0 bridgehead atoms. The number of nitrogens with zero attached hydrogens (tertiary/aromatic N) is 4. The standard InChI is InChI=1S/C26H35N5O2.HI/c1-20-18-31(19-21(2)33-20)25(32)23-11-9-22(10-12-23)17-28-26(27-3)30-15-13-29(14-16-30)24-7-5-4-6-8-24;/h4-12,20-21H,13-19H2,1-3H3,(H,27,28);1H. The third-order valence-electron chi connectivity index (χ3n) is 6.27. The van der Waals surface area contributed by atoms with Gasteiger partial charge in [-0.05, 0) is 43.7 Å². The lowest BCUT2D eigenvalue weighted by Gasteiger charge is -2.37. The molecule has 1 N–H and O–H groups in total. The van der Waals surface area contributed by atoms with E-state index in [4.69, 9.17) is 4.74 Å². The highest BCUT2D eigenvalue weighted by molar-refractivity contribution is 14.0. The quantitative estimate of drug-likeness (QED) is 0.343.